The van der Waals surface area contributed by atoms with Gasteiger partial charge in [-0.1, -0.05) is 30.3 Å². The summed E-state index contributed by atoms with van der Waals surface area (Å²) in [7, 11) is 0. The Morgan fingerprint density at radius 2 is 2.00 bits per heavy atom. The molecule has 22 heavy (non-hydrogen) atoms. The van der Waals surface area contributed by atoms with Gasteiger partial charge in [-0.25, -0.2) is 4.79 Å². The van der Waals surface area contributed by atoms with Crippen molar-refractivity contribution < 1.29 is 14.3 Å². The molecule has 1 saturated heterocycles. The molecule has 0 radical (unpaired) electrons. The zero-order valence-electron chi connectivity index (χ0n) is 13.3. The molecule has 0 saturated carbocycles. The Hall–Kier alpha value is -1.84. The summed E-state index contributed by atoms with van der Waals surface area (Å²) in [6, 6.07) is 9.79. The summed E-state index contributed by atoms with van der Waals surface area (Å²) >= 11 is 0. The number of hydrogen-bond acceptors (Lipinski definition) is 3. The topological polar surface area (TPSA) is 46.6 Å². The second-order valence-electron chi connectivity index (χ2n) is 5.69. The number of hydrogen-bond donors (Lipinski definition) is 0. The number of carbonyl (C=O) groups excluding carboxylic acids is 2. The lowest BCUT2D eigenvalue weighted by Gasteiger charge is -2.34. The number of likely N-dealkylation sites (tertiary alicyclic amines) is 1. The van der Waals surface area contributed by atoms with Gasteiger partial charge in [0, 0.05) is 13.0 Å². The van der Waals surface area contributed by atoms with Crippen LogP contribution in [-0.4, -0.2) is 36.0 Å². The van der Waals surface area contributed by atoms with Crippen LogP contribution in [0.2, 0.25) is 0 Å². The van der Waals surface area contributed by atoms with E-state index in [2.05, 4.69) is 12.1 Å². The van der Waals surface area contributed by atoms with Crippen molar-refractivity contribution in [1.29, 1.82) is 0 Å². The maximum Gasteiger partial charge on any atom is 0.328 e. The molecule has 1 unspecified atom stereocenters. The Balaban J connectivity index is 1.85. The molecule has 1 atom stereocenters. The van der Waals surface area contributed by atoms with Gasteiger partial charge in [-0.2, -0.15) is 0 Å². The summed E-state index contributed by atoms with van der Waals surface area (Å²) in [5.41, 5.74) is 1.25. The fourth-order valence-corrected chi connectivity index (χ4v) is 2.95. The third kappa shape index (κ3) is 4.58. The van der Waals surface area contributed by atoms with Gasteiger partial charge < -0.3 is 9.64 Å². The van der Waals surface area contributed by atoms with Crippen LogP contribution in [0, 0.1) is 0 Å². The minimum absolute atomic E-state index is 0.0775. The number of rotatable bonds is 6. The molecule has 0 N–H and O–H groups in total. The summed E-state index contributed by atoms with van der Waals surface area (Å²) in [5, 5.41) is 0. The van der Waals surface area contributed by atoms with Crippen molar-refractivity contribution in [1.82, 2.24) is 4.90 Å². The van der Waals surface area contributed by atoms with E-state index in [1.165, 1.54) is 5.56 Å². The molecule has 4 nitrogen and oxygen atoms in total. The van der Waals surface area contributed by atoms with E-state index in [4.69, 9.17) is 4.74 Å². The van der Waals surface area contributed by atoms with E-state index >= 15 is 0 Å². The summed E-state index contributed by atoms with van der Waals surface area (Å²) in [4.78, 5) is 26.1. The van der Waals surface area contributed by atoms with E-state index in [-0.39, 0.29) is 17.9 Å². The molecular weight excluding hydrogens is 278 g/mol. The summed E-state index contributed by atoms with van der Waals surface area (Å²) < 4.78 is 5.10. The fraction of sp³-hybridized carbons (Fsp3) is 0.556. The van der Waals surface area contributed by atoms with Gasteiger partial charge >= 0.3 is 5.97 Å². The predicted molar refractivity (Wildman–Crippen MR) is 85.4 cm³/mol. The highest BCUT2D eigenvalue weighted by Gasteiger charge is 2.32. The Kier molecular flexibility index (Phi) is 6.44. The highest BCUT2D eigenvalue weighted by molar-refractivity contribution is 5.84. The molecule has 1 heterocycles. The van der Waals surface area contributed by atoms with Gasteiger partial charge in [0.05, 0.1) is 6.61 Å². The van der Waals surface area contributed by atoms with Crippen LogP contribution in [0.1, 0.15) is 44.6 Å². The van der Waals surface area contributed by atoms with Crippen molar-refractivity contribution in [2.24, 2.45) is 0 Å². The van der Waals surface area contributed by atoms with Crippen LogP contribution in [-0.2, 0) is 20.7 Å². The first-order chi connectivity index (χ1) is 10.7. The van der Waals surface area contributed by atoms with Crippen molar-refractivity contribution >= 4 is 11.9 Å². The SMILES string of the molecule is CCOC(=O)C1CCCCN1C(=O)CCCc1ccccc1. The van der Waals surface area contributed by atoms with Crippen LogP contribution in [0.5, 0.6) is 0 Å². The molecule has 0 aromatic heterocycles. The lowest BCUT2D eigenvalue weighted by molar-refractivity contribution is -0.156. The number of amides is 1. The summed E-state index contributed by atoms with van der Waals surface area (Å²) in [6.07, 6.45) is 4.88. The van der Waals surface area contributed by atoms with Gasteiger partial charge in [-0.3, -0.25) is 4.79 Å². The molecular formula is C18H25NO3. The molecule has 1 aromatic rings. The molecule has 2 rings (SSSR count). The Labute approximate surface area is 132 Å². The standard InChI is InChI=1S/C18H25NO3/c1-2-22-18(21)16-12-6-7-14-19(16)17(20)13-8-11-15-9-4-3-5-10-15/h3-5,9-10,16H,2,6-8,11-14H2,1H3. The average Bonchev–Trinajstić information content (AvgIpc) is 2.56. The first kappa shape index (κ1) is 16.5. The predicted octanol–water partition coefficient (Wildman–Crippen LogP) is 2.95. The molecule has 1 amide bonds. The highest BCUT2D eigenvalue weighted by Crippen LogP contribution is 2.20. The molecule has 120 valence electrons. The van der Waals surface area contributed by atoms with Crippen molar-refractivity contribution in [2.45, 2.75) is 51.5 Å². The molecule has 4 heteroatoms. The normalized spacial score (nSPS) is 18.0. The summed E-state index contributed by atoms with van der Waals surface area (Å²) in [6.45, 7) is 2.84. The third-order valence-electron chi connectivity index (χ3n) is 4.08. The third-order valence-corrected chi connectivity index (χ3v) is 4.08. The van der Waals surface area contributed by atoms with Crippen LogP contribution in [0.3, 0.4) is 0 Å². The van der Waals surface area contributed by atoms with Crippen LogP contribution in [0.25, 0.3) is 0 Å². The minimum atomic E-state index is -0.377. The average molecular weight is 303 g/mol. The van der Waals surface area contributed by atoms with Crippen LogP contribution in [0.4, 0.5) is 0 Å². The van der Waals surface area contributed by atoms with Crippen molar-refractivity contribution in [2.75, 3.05) is 13.2 Å². The van der Waals surface area contributed by atoms with Gasteiger partial charge in [0.25, 0.3) is 0 Å². The van der Waals surface area contributed by atoms with Crippen molar-refractivity contribution in [3.63, 3.8) is 0 Å². The number of piperidine rings is 1. The monoisotopic (exact) mass is 303 g/mol. The first-order valence-electron chi connectivity index (χ1n) is 8.22. The zero-order valence-corrected chi connectivity index (χ0v) is 13.3. The molecule has 1 aliphatic heterocycles. The lowest BCUT2D eigenvalue weighted by Crippen LogP contribution is -2.48. The number of aryl methyl sites for hydroxylation is 1. The maximum atomic E-state index is 12.4. The lowest BCUT2D eigenvalue weighted by atomic mass is 10.0. The summed E-state index contributed by atoms with van der Waals surface area (Å²) in [5.74, 6) is -0.174. The highest BCUT2D eigenvalue weighted by atomic mass is 16.5. The van der Waals surface area contributed by atoms with Gasteiger partial charge in [-0.05, 0) is 44.6 Å². The van der Waals surface area contributed by atoms with E-state index in [0.29, 0.717) is 19.6 Å². The molecule has 0 spiro atoms. The van der Waals surface area contributed by atoms with E-state index in [0.717, 1.165) is 32.1 Å². The van der Waals surface area contributed by atoms with Crippen molar-refractivity contribution in [3.05, 3.63) is 35.9 Å². The minimum Gasteiger partial charge on any atom is -0.464 e. The van der Waals surface area contributed by atoms with E-state index in [1.54, 1.807) is 11.8 Å². The van der Waals surface area contributed by atoms with Crippen LogP contribution >= 0.6 is 0 Å². The molecule has 1 aliphatic rings. The number of benzene rings is 1. The van der Waals surface area contributed by atoms with Gasteiger partial charge in [0.1, 0.15) is 6.04 Å². The Bertz CT molecular complexity index is 486. The fourth-order valence-electron chi connectivity index (χ4n) is 2.95. The number of ether oxygens (including phenoxy) is 1. The molecule has 1 fully saturated rings. The van der Waals surface area contributed by atoms with E-state index in [9.17, 15) is 9.59 Å². The van der Waals surface area contributed by atoms with Gasteiger partial charge in [0.15, 0.2) is 0 Å². The van der Waals surface area contributed by atoms with Gasteiger partial charge in [-0.15, -0.1) is 0 Å². The van der Waals surface area contributed by atoms with E-state index < -0.39 is 0 Å². The van der Waals surface area contributed by atoms with Crippen molar-refractivity contribution in [3.8, 4) is 0 Å². The quantitative estimate of drug-likeness (QED) is 0.759. The van der Waals surface area contributed by atoms with Crippen LogP contribution < -0.4 is 0 Å². The zero-order chi connectivity index (χ0) is 15.8. The molecule has 1 aromatic carbocycles. The number of esters is 1. The largest absolute Gasteiger partial charge is 0.464 e. The molecule has 0 aliphatic carbocycles. The maximum absolute atomic E-state index is 12.4. The Morgan fingerprint density at radius 1 is 1.23 bits per heavy atom. The smallest absolute Gasteiger partial charge is 0.328 e. The molecule has 0 bridgehead atoms. The van der Waals surface area contributed by atoms with Crippen LogP contribution in [0.15, 0.2) is 30.3 Å². The second-order valence-corrected chi connectivity index (χ2v) is 5.69. The first-order valence-corrected chi connectivity index (χ1v) is 8.22. The number of nitrogens with zero attached hydrogens (tertiary/aromatic N) is 1. The van der Waals surface area contributed by atoms with E-state index in [1.807, 2.05) is 18.2 Å². The number of carbonyl (C=O) groups is 2. The second kappa shape index (κ2) is 8.57. The Morgan fingerprint density at radius 3 is 2.73 bits per heavy atom. The van der Waals surface area contributed by atoms with Gasteiger partial charge in [0.2, 0.25) is 5.91 Å².